The standard InChI is InChI=1S/C51H33N5/c1-6-16-33(17-7-1)45-38-32-52-50-48(36-22-12-4-13-23-36)42-29-27-40(54-42)46(34-18-8-2-9-19-34)39-26-28-41(53-39)47(35-20-10-3-11-21-35)44-31-30-43(45)56(44)51(55-49(38)50)37-24-14-5-15-25-37/h1-32,54H. The van der Waals surface area contributed by atoms with Crippen molar-refractivity contribution in [2.45, 2.75) is 0 Å². The molecule has 2 aromatic heterocycles. The molecule has 0 amide bonds. The van der Waals surface area contributed by atoms with Gasteiger partial charge in [0.1, 0.15) is 11.5 Å². The maximum atomic E-state index is 5.75. The van der Waals surface area contributed by atoms with Gasteiger partial charge in [-0.25, -0.2) is 9.98 Å². The number of allylic oxidation sites excluding steroid dienone is 2. The van der Waals surface area contributed by atoms with E-state index in [0.29, 0.717) is 0 Å². The molecule has 0 aliphatic carbocycles. The molecule has 6 heterocycles. The van der Waals surface area contributed by atoms with Crippen molar-refractivity contribution in [3.63, 3.8) is 0 Å². The lowest BCUT2D eigenvalue weighted by atomic mass is 9.96. The minimum absolute atomic E-state index is 0.810. The van der Waals surface area contributed by atoms with Crippen molar-refractivity contribution >= 4 is 27.9 Å². The molecule has 0 saturated heterocycles. The molecular weight excluding hydrogens is 683 g/mol. The first-order valence-electron chi connectivity index (χ1n) is 18.9. The lowest BCUT2D eigenvalue weighted by molar-refractivity contribution is 1.11. The third-order valence-corrected chi connectivity index (χ3v) is 10.8. The number of aromatic amines is 1. The largest absolute Gasteiger partial charge is 0.354 e. The summed E-state index contributed by atoms with van der Waals surface area (Å²) in [6.07, 6.45) is 6.32. The molecular formula is C51H33N5. The number of aliphatic imine (C=N–C) groups is 1. The molecule has 262 valence electrons. The number of hydrogen-bond acceptors (Lipinski definition) is 3. The topological polar surface area (TPSA) is 58.3 Å². The second kappa shape index (κ2) is 13.0. The third kappa shape index (κ3) is 5.13. The van der Waals surface area contributed by atoms with Gasteiger partial charge in [0.05, 0.1) is 28.3 Å². The van der Waals surface area contributed by atoms with Crippen molar-refractivity contribution in [1.29, 1.82) is 0 Å². The smallest absolute Gasteiger partial charge is 0.145 e. The van der Waals surface area contributed by atoms with Crippen molar-refractivity contribution < 1.29 is 0 Å². The van der Waals surface area contributed by atoms with E-state index in [1.165, 1.54) is 0 Å². The maximum absolute atomic E-state index is 5.75. The highest BCUT2D eigenvalue weighted by atomic mass is 15.0. The molecule has 0 saturated carbocycles. The van der Waals surface area contributed by atoms with Gasteiger partial charge >= 0.3 is 0 Å². The first-order valence-corrected chi connectivity index (χ1v) is 18.9. The van der Waals surface area contributed by atoms with Gasteiger partial charge in [0, 0.05) is 50.3 Å². The number of fused-ring (bicyclic) bond motifs is 4. The number of hydrogen-bond donors (Lipinski definition) is 1. The Hall–Kier alpha value is -7.63. The molecule has 11 rings (SSSR count). The van der Waals surface area contributed by atoms with Crippen molar-refractivity contribution in [2.75, 3.05) is 0 Å². The molecule has 4 aliphatic rings. The average Bonchev–Trinajstić information content (AvgIpc) is 4.08. The molecule has 56 heavy (non-hydrogen) atoms. The second-order valence-electron chi connectivity index (χ2n) is 14.1. The van der Waals surface area contributed by atoms with Gasteiger partial charge < -0.3 is 4.98 Å². The molecule has 5 nitrogen and oxygen atoms in total. The molecule has 5 aromatic carbocycles. The molecule has 0 spiro atoms. The van der Waals surface area contributed by atoms with Crippen LogP contribution in [0.1, 0.15) is 28.1 Å². The fraction of sp³-hybridized carbons (Fsp3) is 0. The zero-order valence-electron chi connectivity index (χ0n) is 30.3. The van der Waals surface area contributed by atoms with Crippen LogP contribution in [0.4, 0.5) is 0 Å². The van der Waals surface area contributed by atoms with Gasteiger partial charge in [0.2, 0.25) is 0 Å². The van der Waals surface area contributed by atoms with Crippen molar-refractivity contribution in [3.05, 3.63) is 239 Å². The lowest BCUT2D eigenvalue weighted by Gasteiger charge is -2.14. The number of benzene rings is 5. The Balaban J connectivity index is 1.40. The fourth-order valence-corrected chi connectivity index (χ4v) is 8.33. The molecule has 4 aliphatic heterocycles. The summed E-state index contributed by atoms with van der Waals surface area (Å²) in [4.78, 5) is 20.4. The summed E-state index contributed by atoms with van der Waals surface area (Å²) in [5, 5.41) is 1.91. The minimum atomic E-state index is 0.810. The summed E-state index contributed by atoms with van der Waals surface area (Å²) in [7, 11) is 0. The zero-order valence-corrected chi connectivity index (χ0v) is 30.3. The predicted octanol–water partition coefficient (Wildman–Crippen LogP) is 9.73. The molecule has 0 unspecified atom stereocenters. The second-order valence-corrected chi connectivity index (χ2v) is 14.1. The molecule has 0 radical (unpaired) electrons. The highest BCUT2D eigenvalue weighted by Crippen LogP contribution is 2.43. The van der Waals surface area contributed by atoms with Crippen LogP contribution in [0.15, 0.2) is 205 Å². The Morgan fingerprint density at radius 1 is 0.446 bits per heavy atom. The third-order valence-electron chi connectivity index (χ3n) is 10.8. The van der Waals surface area contributed by atoms with Crippen LogP contribution in [0.3, 0.4) is 0 Å². The van der Waals surface area contributed by atoms with Crippen LogP contribution in [0.2, 0.25) is 0 Å². The van der Waals surface area contributed by atoms with E-state index in [2.05, 4.69) is 197 Å². The summed E-state index contributed by atoms with van der Waals surface area (Å²) in [5.74, 6) is 0.813. The van der Waals surface area contributed by atoms with E-state index in [9.17, 15) is 0 Å². The van der Waals surface area contributed by atoms with Crippen LogP contribution in [-0.4, -0.2) is 25.1 Å². The minimum Gasteiger partial charge on any atom is -0.354 e. The zero-order chi connectivity index (χ0) is 37.0. The summed E-state index contributed by atoms with van der Waals surface area (Å²) in [6.45, 7) is 0. The Morgan fingerprint density at radius 2 is 0.982 bits per heavy atom. The molecule has 0 fully saturated rings. The van der Waals surface area contributed by atoms with Gasteiger partial charge in [-0.05, 0) is 58.7 Å². The predicted molar refractivity (Wildman–Crippen MR) is 227 cm³/mol. The quantitative estimate of drug-likeness (QED) is 0.193. The van der Waals surface area contributed by atoms with Gasteiger partial charge in [0.25, 0.3) is 0 Å². The molecule has 7 aromatic rings. The Labute approximate surface area is 323 Å². The van der Waals surface area contributed by atoms with Crippen LogP contribution in [0.25, 0.3) is 56.0 Å². The van der Waals surface area contributed by atoms with Gasteiger partial charge in [-0.2, -0.15) is 0 Å². The van der Waals surface area contributed by atoms with Crippen molar-refractivity contribution in [3.8, 4) is 33.8 Å². The van der Waals surface area contributed by atoms with Gasteiger partial charge in [-0.3, -0.25) is 9.38 Å². The number of aromatic nitrogens is 4. The Bertz CT molecular complexity index is 3130. The summed E-state index contributed by atoms with van der Waals surface area (Å²) < 4.78 is 2.34. The van der Waals surface area contributed by atoms with E-state index >= 15 is 0 Å². The Morgan fingerprint density at radius 3 is 1.61 bits per heavy atom. The average molecular weight is 716 g/mol. The van der Waals surface area contributed by atoms with E-state index in [1.807, 2.05) is 6.20 Å². The van der Waals surface area contributed by atoms with Crippen LogP contribution < -0.4 is 10.7 Å². The highest BCUT2D eigenvalue weighted by Gasteiger charge is 2.28. The first-order chi connectivity index (χ1) is 27.8. The van der Waals surface area contributed by atoms with Gasteiger partial charge in [0.15, 0.2) is 0 Å². The number of nitrogens with one attached hydrogen (secondary N) is 1. The van der Waals surface area contributed by atoms with E-state index < -0.39 is 0 Å². The van der Waals surface area contributed by atoms with Gasteiger partial charge in [-0.15, -0.1) is 0 Å². The fourth-order valence-electron chi connectivity index (χ4n) is 8.33. The number of rotatable bonds is 5. The molecule has 6 bridgehead atoms. The lowest BCUT2D eigenvalue weighted by Crippen LogP contribution is -2.19. The van der Waals surface area contributed by atoms with Crippen LogP contribution >= 0.6 is 0 Å². The first kappa shape index (κ1) is 31.9. The number of H-pyrrole nitrogens is 1. The van der Waals surface area contributed by atoms with E-state index in [1.54, 1.807) is 0 Å². The van der Waals surface area contributed by atoms with Crippen LogP contribution in [0.5, 0.6) is 0 Å². The number of nitrogens with zero attached hydrogens (tertiary/aromatic N) is 4. The summed E-state index contributed by atoms with van der Waals surface area (Å²) in [5.41, 5.74) is 15.8. The normalized spacial score (nSPS) is 13.6. The van der Waals surface area contributed by atoms with E-state index in [0.717, 1.165) is 106 Å². The summed E-state index contributed by atoms with van der Waals surface area (Å²) in [6, 6.07) is 61.6. The summed E-state index contributed by atoms with van der Waals surface area (Å²) >= 11 is 0. The molecule has 0 atom stereocenters. The molecule has 1 N–H and O–H groups in total. The van der Waals surface area contributed by atoms with Crippen molar-refractivity contribution in [2.24, 2.45) is 4.99 Å². The monoisotopic (exact) mass is 715 g/mol. The Kier molecular flexibility index (Phi) is 7.42. The van der Waals surface area contributed by atoms with Crippen molar-refractivity contribution in [1.82, 2.24) is 19.4 Å². The highest BCUT2D eigenvalue weighted by molar-refractivity contribution is 6.30. The SMILES string of the molecule is C1=CC2=C(c3ccccc3)c3ccc4c(-c5ccccc5)c5cnc(c-5nc(-c5ccccc5)n34)C(c3ccccc3)=c3ccc([nH]3)=C(c3ccccc3)C1=N2. The van der Waals surface area contributed by atoms with Crippen LogP contribution in [0, 0.1) is 0 Å². The van der Waals surface area contributed by atoms with E-state index in [4.69, 9.17) is 15.0 Å². The van der Waals surface area contributed by atoms with Gasteiger partial charge in [-0.1, -0.05) is 152 Å². The van der Waals surface area contributed by atoms with E-state index in [-0.39, 0.29) is 0 Å². The van der Waals surface area contributed by atoms with Crippen LogP contribution in [-0.2, 0) is 0 Å². The molecule has 5 heteroatoms. The maximum Gasteiger partial charge on any atom is 0.145 e.